The van der Waals surface area contributed by atoms with Crippen molar-refractivity contribution in [3.05, 3.63) is 81.5 Å². The van der Waals surface area contributed by atoms with Crippen molar-refractivity contribution in [2.24, 2.45) is 0 Å². The fraction of sp³-hybridized carbons (Fsp3) is 0.174. The Morgan fingerprint density at radius 1 is 1.06 bits per heavy atom. The molecule has 0 fully saturated rings. The van der Waals surface area contributed by atoms with E-state index in [2.05, 4.69) is 20.4 Å². The number of imidazole rings is 1. The molecule has 5 rings (SSSR count). The van der Waals surface area contributed by atoms with Crippen LogP contribution >= 0.6 is 22.7 Å². The van der Waals surface area contributed by atoms with Crippen LogP contribution in [0.5, 0.6) is 0 Å². The summed E-state index contributed by atoms with van der Waals surface area (Å²) in [4.78, 5) is 36.3. The van der Waals surface area contributed by atoms with E-state index in [4.69, 9.17) is 0 Å². The predicted molar refractivity (Wildman–Crippen MR) is 130 cm³/mol. The van der Waals surface area contributed by atoms with Crippen molar-refractivity contribution in [2.75, 3.05) is 6.54 Å². The topological polar surface area (TPSA) is 94.2 Å². The number of thiophene rings is 1. The number of hydrogen-bond donors (Lipinski definition) is 1. The zero-order valence-corrected chi connectivity index (χ0v) is 19.6. The first kappa shape index (κ1) is 21.2. The normalized spacial score (nSPS) is 11.2. The molecular formula is C23H20N6O2S2. The number of rotatable bonds is 6. The largest absolute Gasteiger partial charge is 0.349 e. The highest BCUT2D eigenvalue weighted by Crippen LogP contribution is 2.35. The molecule has 5 aromatic heterocycles. The number of carbonyl (C=O) groups is 1. The van der Waals surface area contributed by atoms with Crippen molar-refractivity contribution < 1.29 is 4.79 Å². The number of amides is 1. The molecule has 1 N–H and O–H groups in total. The van der Waals surface area contributed by atoms with Gasteiger partial charge in [0.15, 0.2) is 0 Å². The number of carbonyl (C=O) groups excluding carboxylic acids is 1. The predicted octanol–water partition coefficient (Wildman–Crippen LogP) is 3.79. The summed E-state index contributed by atoms with van der Waals surface area (Å²) in [6.45, 7) is 4.26. The zero-order chi connectivity index (χ0) is 22.9. The first-order valence-electron chi connectivity index (χ1n) is 10.3. The third kappa shape index (κ3) is 4.10. The Morgan fingerprint density at radius 2 is 1.94 bits per heavy atom. The second kappa shape index (κ2) is 8.72. The smallest absolute Gasteiger partial charge is 0.270 e. The maximum Gasteiger partial charge on any atom is 0.270 e. The Labute approximate surface area is 197 Å². The van der Waals surface area contributed by atoms with Gasteiger partial charge in [-0.15, -0.1) is 22.7 Å². The highest BCUT2D eigenvalue weighted by atomic mass is 32.1. The molecule has 0 radical (unpaired) electrons. The second-order valence-corrected chi connectivity index (χ2v) is 9.37. The van der Waals surface area contributed by atoms with Gasteiger partial charge in [-0.2, -0.15) is 5.10 Å². The highest BCUT2D eigenvalue weighted by molar-refractivity contribution is 7.23. The van der Waals surface area contributed by atoms with Gasteiger partial charge in [0.2, 0.25) is 0 Å². The zero-order valence-electron chi connectivity index (χ0n) is 18.0. The molecule has 0 aliphatic carbocycles. The minimum absolute atomic E-state index is 0.223. The highest BCUT2D eigenvalue weighted by Gasteiger charge is 2.17. The van der Waals surface area contributed by atoms with Gasteiger partial charge in [-0.25, -0.2) is 14.6 Å². The molecule has 0 spiro atoms. The molecule has 5 aromatic rings. The molecule has 0 unspecified atom stereocenters. The fourth-order valence-corrected chi connectivity index (χ4v) is 5.44. The van der Waals surface area contributed by atoms with Crippen molar-refractivity contribution in [3.63, 3.8) is 0 Å². The number of nitrogens with one attached hydrogen (secondary N) is 1. The van der Waals surface area contributed by atoms with Crippen LogP contribution in [-0.2, 0) is 6.54 Å². The van der Waals surface area contributed by atoms with Crippen molar-refractivity contribution in [2.45, 2.75) is 20.4 Å². The average molecular weight is 477 g/mol. The van der Waals surface area contributed by atoms with E-state index in [1.165, 1.54) is 10.7 Å². The van der Waals surface area contributed by atoms with E-state index in [0.29, 0.717) is 22.7 Å². The lowest BCUT2D eigenvalue weighted by Crippen LogP contribution is -2.32. The van der Waals surface area contributed by atoms with Gasteiger partial charge in [-0.1, -0.05) is 12.1 Å². The number of pyridine rings is 1. The lowest BCUT2D eigenvalue weighted by molar-refractivity contribution is 0.0945. The number of aryl methyl sites for hydroxylation is 2. The van der Waals surface area contributed by atoms with Crippen LogP contribution in [0.25, 0.3) is 26.1 Å². The van der Waals surface area contributed by atoms with Crippen LogP contribution in [0.3, 0.4) is 0 Å². The van der Waals surface area contributed by atoms with Crippen molar-refractivity contribution in [1.82, 2.24) is 29.5 Å². The quantitative estimate of drug-likeness (QED) is 0.402. The lowest BCUT2D eigenvalue weighted by atomic mass is 10.3. The average Bonchev–Trinajstić information content (AvgIpc) is 3.53. The molecule has 166 valence electrons. The van der Waals surface area contributed by atoms with Crippen LogP contribution < -0.4 is 10.9 Å². The summed E-state index contributed by atoms with van der Waals surface area (Å²) in [5, 5.41) is 10.4. The third-order valence-corrected chi connectivity index (χ3v) is 7.38. The number of nitrogens with zero attached hydrogens (tertiary/aromatic N) is 5. The van der Waals surface area contributed by atoms with Crippen LogP contribution in [0.1, 0.15) is 21.9 Å². The van der Waals surface area contributed by atoms with Gasteiger partial charge in [0, 0.05) is 18.8 Å². The number of thiazole rings is 1. The first-order valence-corrected chi connectivity index (χ1v) is 12.0. The van der Waals surface area contributed by atoms with Gasteiger partial charge in [0.1, 0.15) is 22.0 Å². The molecule has 10 heteroatoms. The molecule has 0 bridgehead atoms. The minimum atomic E-state index is -0.241. The Kier molecular flexibility index (Phi) is 5.61. The lowest BCUT2D eigenvalue weighted by Gasteiger charge is -2.08. The van der Waals surface area contributed by atoms with Crippen LogP contribution in [0.2, 0.25) is 0 Å². The number of fused-ring (bicyclic) bond motifs is 1. The van der Waals surface area contributed by atoms with Crippen LogP contribution in [0.4, 0.5) is 0 Å². The summed E-state index contributed by atoms with van der Waals surface area (Å²) >= 11 is 3.20. The van der Waals surface area contributed by atoms with Gasteiger partial charge < -0.3 is 5.32 Å². The summed E-state index contributed by atoms with van der Waals surface area (Å²) in [7, 11) is 0. The van der Waals surface area contributed by atoms with Gasteiger partial charge >= 0.3 is 0 Å². The summed E-state index contributed by atoms with van der Waals surface area (Å²) in [6, 6.07) is 12.8. The van der Waals surface area contributed by atoms with E-state index < -0.39 is 0 Å². The maximum atomic E-state index is 12.8. The minimum Gasteiger partial charge on any atom is -0.349 e. The van der Waals surface area contributed by atoms with E-state index in [1.807, 2.05) is 48.8 Å². The maximum absolute atomic E-state index is 12.8. The Bertz CT molecular complexity index is 1510. The SMILES string of the molecule is Cc1nc(-c2cccs2)sc1-c1ccc(=O)n(CCNC(=O)c2c(C)nc3ccccn23)n1. The van der Waals surface area contributed by atoms with E-state index in [0.717, 1.165) is 20.5 Å². The summed E-state index contributed by atoms with van der Waals surface area (Å²) in [5.41, 5.74) is 3.19. The molecular weight excluding hydrogens is 456 g/mol. The Hall–Kier alpha value is -3.63. The molecule has 0 saturated heterocycles. The second-order valence-electron chi connectivity index (χ2n) is 7.42. The molecule has 33 heavy (non-hydrogen) atoms. The van der Waals surface area contributed by atoms with Crippen molar-refractivity contribution in [3.8, 4) is 20.5 Å². The molecule has 0 aliphatic heterocycles. The Balaban J connectivity index is 1.33. The molecule has 0 aromatic carbocycles. The molecule has 8 nitrogen and oxygen atoms in total. The number of hydrogen-bond acceptors (Lipinski definition) is 7. The standard InChI is InChI=1S/C23H20N6O2S2/c1-14-20(28-11-4-3-7-18(28)25-14)22(31)24-10-12-29-19(30)9-8-16(27-29)21-15(2)26-23(33-21)17-6-5-13-32-17/h3-9,11,13H,10,12H2,1-2H3,(H,24,31). The van der Waals surface area contributed by atoms with E-state index in [-0.39, 0.29) is 24.6 Å². The van der Waals surface area contributed by atoms with Gasteiger partial charge in [-0.05, 0) is 43.5 Å². The van der Waals surface area contributed by atoms with Gasteiger partial charge in [0.25, 0.3) is 11.5 Å². The van der Waals surface area contributed by atoms with Gasteiger partial charge in [-0.3, -0.25) is 14.0 Å². The third-order valence-electron chi connectivity index (χ3n) is 5.16. The van der Waals surface area contributed by atoms with E-state index >= 15 is 0 Å². The molecule has 0 aliphatic rings. The van der Waals surface area contributed by atoms with E-state index in [9.17, 15) is 9.59 Å². The summed E-state index contributed by atoms with van der Waals surface area (Å²) < 4.78 is 3.13. The fourth-order valence-electron chi connectivity index (χ4n) is 3.62. The van der Waals surface area contributed by atoms with Crippen molar-refractivity contribution in [1.29, 1.82) is 0 Å². The molecule has 0 atom stereocenters. The summed E-state index contributed by atoms with van der Waals surface area (Å²) in [5.74, 6) is -0.241. The summed E-state index contributed by atoms with van der Waals surface area (Å²) in [6.07, 6.45) is 1.81. The molecule has 0 saturated carbocycles. The Morgan fingerprint density at radius 3 is 2.76 bits per heavy atom. The number of aromatic nitrogens is 5. The van der Waals surface area contributed by atoms with Crippen LogP contribution in [0.15, 0.2) is 58.8 Å². The first-order chi connectivity index (χ1) is 16.0. The molecule has 5 heterocycles. The van der Waals surface area contributed by atoms with Gasteiger partial charge in [0.05, 0.1) is 27.7 Å². The monoisotopic (exact) mass is 476 g/mol. The molecule has 1 amide bonds. The van der Waals surface area contributed by atoms with Crippen LogP contribution in [0, 0.1) is 13.8 Å². The van der Waals surface area contributed by atoms with Crippen molar-refractivity contribution >= 4 is 34.2 Å². The van der Waals surface area contributed by atoms with Crippen LogP contribution in [-0.4, -0.2) is 36.6 Å². The van der Waals surface area contributed by atoms with E-state index in [1.54, 1.807) is 40.1 Å².